The van der Waals surface area contributed by atoms with Gasteiger partial charge in [0.05, 0.1) is 28.1 Å². The SMILES string of the molecule is CCCNC(=O)[C@H]1[C@H]2C(=O)N(CCCCCO)C(C(=O)Nc3c(C)cccc3Cl)C23CC[C@]1(C)O3. The summed E-state index contributed by atoms with van der Waals surface area (Å²) < 4.78 is 6.59. The molecule has 3 heterocycles. The summed E-state index contributed by atoms with van der Waals surface area (Å²) in [6, 6.07) is 4.53. The highest BCUT2D eigenvalue weighted by molar-refractivity contribution is 6.34. The third kappa shape index (κ3) is 4.34. The minimum absolute atomic E-state index is 0.0807. The largest absolute Gasteiger partial charge is 0.396 e. The maximum absolute atomic E-state index is 13.9. The number of amides is 3. The van der Waals surface area contributed by atoms with Crippen molar-refractivity contribution in [2.45, 2.75) is 76.5 Å². The molecule has 3 fully saturated rings. The van der Waals surface area contributed by atoms with Gasteiger partial charge in [-0.1, -0.05) is 30.7 Å². The van der Waals surface area contributed by atoms with E-state index in [-0.39, 0.29) is 24.3 Å². The summed E-state index contributed by atoms with van der Waals surface area (Å²) in [4.78, 5) is 42.6. The Hall–Kier alpha value is -2.16. The predicted molar refractivity (Wildman–Crippen MR) is 133 cm³/mol. The molecule has 2 bridgehead atoms. The first-order chi connectivity index (χ1) is 16.7. The highest BCUT2D eigenvalue weighted by Crippen LogP contribution is 2.63. The lowest BCUT2D eigenvalue weighted by Gasteiger charge is -2.33. The second-order valence-corrected chi connectivity index (χ2v) is 10.7. The molecule has 0 aromatic heterocycles. The number of aliphatic hydroxyl groups is 1. The van der Waals surface area contributed by atoms with Crippen LogP contribution in [0.2, 0.25) is 5.02 Å². The van der Waals surface area contributed by atoms with E-state index in [9.17, 15) is 14.4 Å². The molecular formula is C26H36ClN3O5. The van der Waals surface area contributed by atoms with E-state index in [4.69, 9.17) is 21.4 Å². The van der Waals surface area contributed by atoms with Gasteiger partial charge in [-0.2, -0.15) is 0 Å². The lowest BCUT2D eigenvalue weighted by molar-refractivity contribution is -0.144. The molecule has 1 aromatic carbocycles. The fraction of sp³-hybridized carbons (Fsp3) is 0.654. The Labute approximate surface area is 211 Å². The van der Waals surface area contributed by atoms with Gasteiger partial charge < -0.3 is 25.4 Å². The number of hydrogen-bond acceptors (Lipinski definition) is 5. The molecule has 1 aromatic rings. The second-order valence-electron chi connectivity index (χ2n) is 10.3. The third-order valence-corrected chi connectivity index (χ3v) is 8.20. The predicted octanol–water partition coefficient (Wildman–Crippen LogP) is 3.04. The van der Waals surface area contributed by atoms with Gasteiger partial charge in [0.1, 0.15) is 11.6 Å². The summed E-state index contributed by atoms with van der Waals surface area (Å²) in [5.41, 5.74) is -0.516. The van der Waals surface area contributed by atoms with Crippen LogP contribution in [0.1, 0.15) is 57.9 Å². The summed E-state index contributed by atoms with van der Waals surface area (Å²) in [6.07, 6.45) is 3.93. The summed E-state index contributed by atoms with van der Waals surface area (Å²) >= 11 is 6.38. The van der Waals surface area contributed by atoms with Crippen LogP contribution >= 0.6 is 11.6 Å². The van der Waals surface area contributed by atoms with Crippen molar-refractivity contribution in [1.82, 2.24) is 10.2 Å². The first-order valence-corrected chi connectivity index (χ1v) is 13.0. The van der Waals surface area contributed by atoms with E-state index < -0.39 is 29.1 Å². The van der Waals surface area contributed by atoms with Gasteiger partial charge in [0.15, 0.2) is 0 Å². The zero-order valence-electron chi connectivity index (χ0n) is 20.7. The average Bonchev–Trinajstić information content (AvgIpc) is 3.38. The lowest BCUT2D eigenvalue weighted by atomic mass is 9.66. The third-order valence-electron chi connectivity index (χ3n) is 7.88. The van der Waals surface area contributed by atoms with Crippen LogP contribution in [0.25, 0.3) is 0 Å². The van der Waals surface area contributed by atoms with Crippen molar-refractivity contribution < 1.29 is 24.2 Å². The fourth-order valence-electron chi connectivity index (χ4n) is 6.28. The number of unbranched alkanes of at least 4 members (excludes halogenated alkanes) is 2. The van der Waals surface area contributed by atoms with Crippen LogP contribution in [0.4, 0.5) is 5.69 Å². The number of carbonyl (C=O) groups is 3. The Balaban J connectivity index is 1.69. The van der Waals surface area contributed by atoms with Gasteiger partial charge in [0.25, 0.3) is 0 Å². The van der Waals surface area contributed by atoms with E-state index in [0.717, 1.165) is 18.4 Å². The highest BCUT2D eigenvalue weighted by Gasteiger charge is 2.77. The van der Waals surface area contributed by atoms with Crippen LogP contribution < -0.4 is 10.6 Å². The van der Waals surface area contributed by atoms with Crippen molar-refractivity contribution in [2.75, 3.05) is 25.0 Å². The highest BCUT2D eigenvalue weighted by atomic mass is 35.5. The van der Waals surface area contributed by atoms with Crippen LogP contribution in [-0.4, -0.2) is 64.7 Å². The van der Waals surface area contributed by atoms with Gasteiger partial charge in [-0.3, -0.25) is 14.4 Å². The molecule has 2 unspecified atom stereocenters. The number of hydrogen-bond donors (Lipinski definition) is 3. The maximum atomic E-state index is 13.9. The van der Waals surface area contributed by atoms with Crippen molar-refractivity contribution in [3.05, 3.63) is 28.8 Å². The van der Waals surface area contributed by atoms with Crippen LogP contribution in [0.5, 0.6) is 0 Å². The molecule has 8 nitrogen and oxygen atoms in total. The summed E-state index contributed by atoms with van der Waals surface area (Å²) in [6.45, 7) is 6.70. The minimum atomic E-state index is -1.06. The normalized spacial score (nSPS) is 31.1. The summed E-state index contributed by atoms with van der Waals surface area (Å²) in [5, 5.41) is 15.5. The number of nitrogens with one attached hydrogen (secondary N) is 2. The van der Waals surface area contributed by atoms with Crippen molar-refractivity contribution >= 4 is 35.0 Å². The van der Waals surface area contributed by atoms with E-state index >= 15 is 0 Å². The van der Waals surface area contributed by atoms with Gasteiger partial charge in [-0.15, -0.1) is 0 Å². The summed E-state index contributed by atoms with van der Waals surface area (Å²) in [7, 11) is 0. The van der Waals surface area contributed by atoms with Gasteiger partial charge in [-0.05, 0) is 64.0 Å². The summed E-state index contributed by atoms with van der Waals surface area (Å²) in [5.74, 6) is -2.09. The number of ether oxygens (including phenoxy) is 1. The smallest absolute Gasteiger partial charge is 0.250 e. The molecule has 3 aliphatic heterocycles. The zero-order valence-corrected chi connectivity index (χ0v) is 21.5. The fourth-order valence-corrected chi connectivity index (χ4v) is 6.55. The van der Waals surface area contributed by atoms with Crippen LogP contribution in [0.3, 0.4) is 0 Å². The number of rotatable bonds is 10. The van der Waals surface area contributed by atoms with E-state index in [1.807, 2.05) is 32.9 Å². The van der Waals surface area contributed by atoms with Crippen molar-refractivity contribution in [1.29, 1.82) is 0 Å². The molecule has 0 aliphatic carbocycles. The molecule has 3 aliphatic rings. The molecule has 5 atom stereocenters. The Kier molecular flexibility index (Phi) is 7.46. The Morgan fingerprint density at radius 3 is 2.69 bits per heavy atom. The van der Waals surface area contributed by atoms with Crippen LogP contribution in [0.15, 0.2) is 18.2 Å². The molecule has 4 rings (SSSR count). The standard InChI is InChI=1S/C26H36ClN3O5/c1-4-13-28-22(32)18-19-24(34)30(14-6-5-7-15-31)21(26(19)12-11-25(18,3)35-26)23(33)29-20-16(2)9-8-10-17(20)27/h8-10,18-19,21,31H,4-7,11-15H2,1-3H3,(H,28,32)(H,29,33)/t18-,19+,21?,25+,26?/m1/s1. The molecule has 3 saturated heterocycles. The first-order valence-electron chi connectivity index (χ1n) is 12.7. The molecule has 1 spiro atoms. The molecule has 0 radical (unpaired) electrons. The number of nitrogens with zero attached hydrogens (tertiary/aromatic N) is 1. The number of aryl methyl sites for hydroxylation is 1. The number of para-hydroxylation sites is 1. The molecule has 3 N–H and O–H groups in total. The molecular weight excluding hydrogens is 470 g/mol. The Morgan fingerprint density at radius 2 is 2.00 bits per heavy atom. The minimum Gasteiger partial charge on any atom is -0.396 e. The van der Waals surface area contributed by atoms with Gasteiger partial charge >= 0.3 is 0 Å². The zero-order chi connectivity index (χ0) is 25.4. The van der Waals surface area contributed by atoms with E-state index in [1.165, 1.54) is 0 Å². The monoisotopic (exact) mass is 505 g/mol. The van der Waals surface area contributed by atoms with Crippen molar-refractivity contribution in [2.24, 2.45) is 11.8 Å². The quantitative estimate of drug-likeness (QED) is 0.424. The van der Waals surface area contributed by atoms with E-state index in [0.29, 0.717) is 49.5 Å². The number of anilines is 1. The molecule has 192 valence electrons. The maximum Gasteiger partial charge on any atom is 0.250 e. The number of carbonyl (C=O) groups excluding carboxylic acids is 3. The number of fused-ring (bicyclic) bond motifs is 1. The molecule has 3 amide bonds. The number of likely N-dealkylation sites (tertiary alicyclic amines) is 1. The van der Waals surface area contributed by atoms with Crippen molar-refractivity contribution in [3.8, 4) is 0 Å². The van der Waals surface area contributed by atoms with Crippen LogP contribution in [-0.2, 0) is 19.1 Å². The molecule has 35 heavy (non-hydrogen) atoms. The lowest BCUT2D eigenvalue weighted by Crippen LogP contribution is -2.53. The first kappa shape index (κ1) is 25.9. The number of benzene rings is 1. The number of halogens is 1. The molecule has 0 saturated carbocycles. The Morgan fingerprint density at radius 1 is 1.23 bits per heavy atom. The van der Waals surface area contributed by atoms with Gasteiger partial charge in [-0.25, -0.2) is 0 Å². The molecule has 9 heteroatoms. The van der Waals surface area contributed by atoms with E-state index in [1.54, 1.807) is 11.0 Å². The number of aliphatic hydroxyl groups excluding tert-OH is 1. The van der Waals surface area contributed by atoms with Gasteiger partial charge in [0, 0.05) is 19.7 Å². The van der Waals surface area contributed by atoms with Crippen molar-refractivity contribution in [3.63, 3.8) is 0 Å². The second kappa shape index (κ2) is 10.1. The Bertz CT molecular complexity index is 983. The topological polar surface area (TPSA) is 108 Å². The van der Waals surface area contributed by atoms with Crippen LogP contribution in [0, 0.1) is 18.8 Å². The van der Waals surface area contributed by atoms with Gasteiger partial charge in [0.2, 0.25) is 17.7 Å². The average molecular weight is 506 g/mol. The van der Waals surface area contributed by atoms with E-state index in [2.05, 4.69) is 10.6 Å².